The van der Waals surface area contributed by atoms with Gasteiger partial charge in [0, 0.05) is 15.2 Å². The van der Waals surface area contributed by atoms with Crippen LogP contribution in [0.25, 0.3) is 10.2 Å². The molecule has 0 spiro atoms. The van der Waals surface area contributed by atoms with Crippen molar-refractivity contribution >= 4 is 39.3 Å². The van der Waals surface area contributed by atoms with E-state index in [1.165, 1.54) is 4.88 Å². The van der Waals surface area contributed by atoms with Gasteiger partial charge in [-0.15, -0.1) is 11.3 Å². The maximum absolute atomic E-state index is 5.46. The normalized spacial score (nSPS) is 10.8. The van der Waals surface area contributed by atoms with Crippen LogP contribution in [0, 0.1) is 6.92 Å². The first-order valence-electron chi connectivity index (χ1n) is 6.26. The van der Waals surface area contributed by atoms with E-state index in [1.807, 2.05) is 24.3 Å². The second-order valence-electron chi connectivity index (χ2n) is 4.35. The predicted molar refractivity (Wildman–Crippen MR) is 87.1 cm³/mol. The molecule has 3 rings (SSSR count). The average Bonchev–Trinajstić information content (AvgIpc) is 2.88. The van der Waals surface area contributed by atoms with E-state index in [9.17, 15) is 0 Å². The third kappa shape index (κ3) is 2.94. The first kappa shape index (κ1) is 14.1. The smallest absolute Gasteiger partial charge is 0.239 e. The van der Waals surface area contributed by atoms with Crippen molar-refractivity contribution in [1.29, 1.82) is 0 Å². The van der Waals surface area contributed by atoms with Crippen LogP contribution in [0.4, 0.5) is 5.95 Å². The van der Waals surface area contributed by atoms with Gasteiger partial charge < -0.3 is 4.74 Å². The third-order valence-corrected chi connectivity index (χ3v) is 4.80. The van der Waals surface area contributed by atoms with Crippen molar-refractivity contribution in [3.8, 4) is 5.75 Å². The summed E-state index contributed by atoms with van der Waals surface area (Å²) in [5, 5.41) is 1.93. The molecule has 2 heterocycles. The number of nitrogens with two attached hydrogens (primary N) is 1. The van der Waals surface area contributed by atoms with E-state index in [0.717, 1.165) is 25.9 Å². The molecule has 0 fully saturated rings. The highest BCUT2D eigenvalue weighted by molar-refractivity contribution is 7.99. The summed E-state index contributed by atoms with van der Waals surface area (Å²) in [5.74, 6) is 6.70. The largest absolute Gasteiger partial charge is 0.497 e. The van der Waals surface area contributed by atoms with Crippen LogP contribution in [0.5, 0.6) is 5.75 Å². The fraction of sp³-hybridized carbons (Fsp3) is 0.143. The summed E-state index contributed by atoms with van der Waals surface area (Å²) < 4.78 is 5.25. The van der Waals surface area contributed by atoms with E-state index in [-0.39, 0.29) is 0 Å². The molecule has 0 amide bonds. The lowest BCUT2D eigenvalue weighted by Crippen LogP contribution is -2.10. The number of aryl methyl sites for hydroxylation is 1. The molecular formula is C14H14N4OS2. The number of nitrogen functional groups attached to an aromatic ring is 1. The second-order valence-corrected chi connectivity index (χ2v) is 6.65. The Kier molecular flexibility index (Phi) is 3.96. The minimum absolute atomic E-state index is 0.426. The molecule has 21 heavy (non-hydrogen) atoms. The molecule has 0 atom stereocenters. The van der Waals surface area contributed by atoms with E-state index < -0.39 is 0 Å². The first-order valence-corrected chi connectivity index (χ1v) is 7.89. The Morgan fingerprint density at radius 1 is 1.29 bits per heavy atom. The van der Waals surface area contributed by atoms with Gasteiger partial charge >= 0.3 is 0 Å². The van der Waals surface area contributed by atoms with Crippen molar-refractivity contribution in [3.63, 3.8) is 0 Å². The monoisotopic (exact) mass is 318 g/mol. The van der Waals surface area contributed by atoms with Gasteiger partial charge in [-0.2, -0.15) is 0 Å². The van der Waals surface area contributed by atoms with Gasteiger partial charge in [0.15, 0.2) is 0 Å². The summed E-state index contributed by atoms with van der Waals surface area (Å²) in [6.07, 6.45) is 0. The summed E-state index contributed by atoms with van der Waals surface area (Å²) >= 11 is 3.20. The van der Waals surface area contributed by atoms with Crippen LogP contribution in [0.3, 0.4) is 0 Å². The van der Waals surface area contributed by atoms with Crippen molar-refractivity contribution in [3.05, 3.63) is 35.2 Å². The number of nitrogens with zero attached hydrogens (tertiary/aromatic N) is 2. The summed E-state index contributed by atoms with van der Waals surface area (Å²) in [7, 11) is 1.66. The maximum Gasteiger partial charge on any atom is 0.239 e. The van der Waals surface area contributed by atoms with Gasteiger partial charge in [-0.3, -0.25) is 5.43 Å². The Morgan fingerprint density at radius 3 is 2.90 bits per heavy atom. The third-order valence-electron chi connectivity index (χ3n) is 2.87. The zero-order chi connectivity index (χ0) is 14.8. The van der Waals surface area contributed by atoms with E-state index in [2.05, 4.69) is 28.4 Å². The number of aromatic nitrogens is 2. The average molecular weight is 318 g/mol. The van der Waals surface area contributed by atoms with Gasteiger partial charge in [0.25, 0.3) is 0 Å². The van der Waals surface area contributed by atoms with Gasteiger partial charge in [-0.1, -0.05) is 17.8 Å². The number of methoxy groups -OCH3 is 1. The molecule has 0 saturated carbocycles. The fourth-order valence-electron chi connectivity index (χ4n) is 1.93. The van der Waals surface area contributed by atoms with E-state index in [1.54, 1.807) is 30.2 Å². The summed E-state index contributed by atoms with van der Waals surface area (Å²) in [5.41, 5.74) is 2.52. The molecule has 0 unspecified atom stereocenters. The number of benzene rings is 1. The molecule has 1 aromatic carbocycles. The van der Waals surface area contributed by atoms with E-state index in [4.69, 9.17) is 10.6 Å². The van der Waals surface area contributed by atoms with Crippen molar-refractivity contribution in [2.75, 3.05) is 12.5 Å². The number of hydrazine groups is 1. The number of nitrogens with one attached hydrogen (secondary N) is 1. The number of rotatable bonds is 4. The Bertz CT molecular complexity index is 788. The van der Waals surface area contributed by atoms with Gasteiger partial charge in [0.1, 0.15) is 15.6 Å². The number of thiophene rings is 1. The quantitative estimate of drug-likeness (QED) is 0.436. The molecule has 0 aliphatic carbocycles. The molecule has 0 aliphatic rings. The molecule has 0 aliphatic heterocycles. The number of hydrogen-bond donors (Lipinski definition) is 2. The SMILES string of the molecule is COc1cccc(Sc2nc(NN)nc3sc(C)cc23)c1. The number of anilines is 1. The fourth-order valence-corrected chi connectivity index (χ4v) is 3.82. The summed E-state index contributed by atoms with van der Waals surface area (Å²) in [6.45, 7) is 2.06. The first-order chi connectivity index (χ1) is 10.2. The van der Waals surface area contributed by atoms with Gasteiger partial charge in [0.05, 0.1) is 7.11 Å². The molecule has 5 nitrogen and oxygen atoms in total. The summed E-state index contributed by atoms with van der Waals surface area (Å²) in [6, 6.07) is 9.98. The molecule has 108 valence electrons. The molecule has 3 N–H and O–H groups in total. The van der Waals surface area contributed by atoms with Crippen molar-refractivity contribution in [1.82, 2.24) is 9.97 Å². The standard InChI is InChI=1S/C14H14N4OS2/c1-8-6-11-12(20-8)16-14(18-15)17-13(11)21-10-5-3-4-9(7-10)19-2/h3-7H,15H2,1-2H3,(H,16,17,18). The van der Waals surface area contributed by atoms with E-state index >= 15 is 0 Å². The lowest BCUT2D eigenvalue weighted by atomic mass is 10.3. The molecule has 2 aromatic heterocycles. The molecule has 0 radical (unpaired) electrons. The molecule has 0 bridgehead atoms. The van der Waals surface area contributed by atoms with Crippen molar-refractivity contribution in [2.24, 2.45) is 5.84 Å². The van der Waals surface area contributed by atoms with Crippen LogP contribution in [0.2, 0.25) is 0 Å². The predicted octanol–water partition coefficient (Wildman–Crippen LogP) is 3.45. The zero-order valence-electron chi connectivity index (χ0n) is 11.6. The Labute approximate surface area is 130 Å². The van der Waals surface area contributed by atoms with Gasteiger partial charge in [-0.25, -0.2) is 15.8 Å². The van der Waals surface area contributed by atoms with Crippen molar-refractivity contribution in [2.45, 2.75) is 16.8 Å². The topological polar surface area (TPSA) is 73.1 Å². The van der Waals surface area contributed by atoms with Gasteiger partial charge in [0.2, 0.25) is 5.95 Å². The minimum atomic E-state index is 0.426. The minimum Gasteiger partial charge on any atom is -0.497 e. The lowest BCUT2D eigenvalue weighted by Gasteiger charge is -2.06. The Morgan fingerprint density at radius 2 is 2.14 bits per heavy atom. The van der Waals surface area contributed by atoms with Gasteiger partial charge in [-0.05, 0) is 31.2 Å². The molecule has 7 heteroatoms. The zero-order valence-corrected chi connectivity index (χ0v) is 13.2. The van der Waals surface area contributed by atoms with Crippen LogP contribution in [0.1, 0.15) is 4.88 Å². The van der Waals surface area contributed by atoms with Crippen LogP contribution in [-0.2, 0) is 0 Å². The molecule has 0 saturated heterocycles. The summed E-state index contributed by atoms with van der Waals surface area (Å²) in [4.78, 5) is 12.0. The highest BCUT2D eigenvalue weighted by Crippen LogP contribution is 2.36. The number of ether oxygens (including phenoxy) is 1. The van der Waals surface area contributed by atoms with Crippen molar-refractivity contribution < 1.29 is 4.74 Å². The van der Waals surface area contributed by atoms with E-state index in [0.29, 0.717) is 5.95 Å². The van der Waals surface area contributed by atoms with Crippen LogP contribution >= 0.6 is 23.1 Å². The van der Waals surface area contributed by atoms with Crippen LogP contribution < -0.4 is 16.0 Å². The molecule has 3 aromatic rings. The highest BCUT2D eigenvalue weighted by atomic mass is 32.2. The van der Waals surface area contributed by atoms with Crippen LogP contribution in [0.15, 0.2) is 40.3 Å². The Hall–Kier alpha value is -1.83. The van der Waals surface area contributed by atoms with Crippen LogP contribution in [-0.4, -0.2) is 17.1 Å². The molecular weight excluding hydrogens is 304 g/mol. The Balaban J connectivity index is 2.05. The number of fused-ring (bicyclic) bond motifs is 1. The maximum atomic E-state index is 5.46. The lowest BCUT2D eigenvalue weighted by molar-refractivity contribution is 0.413. The highest BCUT2D eigenvalue weighted by Gasteiger charge is 2.12. The number of hydrogen-bond acceptors (Lipinski definition) is 7. The second kappa shape index (κ2) is 5.88.